The van der Waals surface area contributed by atoms with Crippen molar-refractivity contribution in [1.82, 2.24) is 20.0 Å². The standard InChI is InChI=1S/C14H22N4O2.2ClH/c1-17-10-11(8-16-17)13-3-2-5-18(13)14(19)7-12-9-15-4-6-20-12;;/h8,10,12-13,15H,2-7,9H2,1H3;2*1H. The SMILES string of the molecule is Cl.Cl.Cn1cc(C2CCCN2C(=O)CC2CNCCO2)cn1. The maximum absolute atomic E-state index is 12.5. The number of hydrogen-bond acceptors (Lipinski definition) is 4. The number of likely N-dealkylation sites (tertiary alicyclic amines) is 1. The number of rotatable bonds is 3. The zero-order valence-corrected chi connectivity index (χ0v) is 14.4. The third-order valence-electron chi connectivity index (χ3n) is 4.09. The Labute approximate surface area is 143 Å². The Morgan fingerprint density at radius 2 is 2.32 bits per heavy atom. The number of amides is 1. The van der Waals surface area contributed by atoms with Crippen LogP contribution >= 0.6 is 24.8 Å². The molecular weight excluding hydrogens is 327 g/mol. The molecule has 0 bridgehead atoms. The first-order chi connectivity index (χ1) is 9.74. The average molecular weight is 351 g/mol. The highest BCUT2D eigenvalue weighted by Gasteiger charge is 2.32. The van der Waals surface area contributed by atoms with Crippen LogP contribution in [0.1, 0.15) is 30.9 Å². The molecule has 2 aliphatic rings. The molecule has 8 heteroatoms. The van der Waals surface area contributed by atoms with Crippen LogP contribution in [0, 0.1) is 0 Å². The first kappa shape index (κ1) is 19.2. The number of morpholine rings is 1. The predicted octanol–water partition coefficient (Wildman–Crippen LogP) is 1.31. The number of hydrogen-bond donors (Lipinski definition) is 1. The Morgan fingerprint density at radius 3 is 2.95 bits per heavy atom. The van der Waals surface area contributed by atoms with Gasteiger partial charge in [-0.05, 0) is 12.8 Å². The van der Waals surface area contributed by atoms with E-state index in [2.05, 4.69) is 10.4 Å². The Kier molecular flexibility index (Phi) is 7.62. The first-order valence-corrected chi connectivity index (χ1v) is 7.34. The second-order valence-electron chi connectivity index (χ2n) is 5.59. The molecule has 126 valence electrons. The summed E-state index contributed by atoms with van der Waals surface area (Å²) in [6.07, 6.45) is 6.47. The van der Waals surface area contributed by atoms with Crippen LogP contribution in [0.25, 0.3) is 0 Å². The molecule has 1 amide bonds. The van der Waals surface area contributed by atoms with Gasteiger partial charge in [0, 0.05) is 38.4 Å². The predicted molar refractivity (Wildman–Crippen MR) is 88.6 cm³/mol. The summed E-state index contributed by atoms with van der Waals surface area (Å²) in [5.74, 6) is 0.199. The fourth-order valence-corrected chi connectivity index (χ4v) is 3.09. The minimum absolute atomic E-state index is 0. The van der Waals surface area contributed by atoms with Crippen molar-refractivity contribution in [3.63, 3.8) is 0 Å². The Hall–Kier alpha value is -0.820. The van der Waals surface area contributed by atoms with Crippen molar-refractivity contribution >= 4 is 30.7 Å². The average Bonchev–Trinajstić information content (AvgIpc) is 3.08. The number of nitrogens with one attached hydrogen (secondary N) is 1. The van der Waals surface area contributed by atoms with Crippen molar-refractivity contribution < 1.29 is 9.53 Å². The number of aromatic nitrogens is 2. The van der Waals surface area contributed by atoms with Gasteiger partial charge >= 0.3 is 0 Å². The van der Waals surface area contributed by atoms with Gasteiger partial charge in [0.25, 0.3) is 0 Å². The molecule has 0 radical (unpaired) electrons. The zero-order chi connectivity index (χ0) is 13.9. The van der Waals surface area contributed by atoms with Crippen molar-refractivity contribution in [3.8, 4) is 0 Å². The molecular formula is C14H24Cl2N4O2. The molecule has 0 saturated carbocycles. The molecule has 2 saturated heterocycles. The summed E-state index contributed by atoms with van der Waals surface area (Å²) >= 11 is 0. The van der Waals surface area contributed by atoms with E-state index in [9.17, 15) is 4.79 Å². The normalized spacial score (nSPS) is 24.5. The lowest BCUT2D eigenvalue weighted by Crippen LogP contribution is -2.42. The van der Waals surface area contributed by atoms with E-state index in [4.69, 9.17) is 4.74 Å². The summed E-state index contributed by atoms with van der Waals surface area (Å²) in [5, 5.41) is 7.48. The maximum Gasteiger partial charge on any atom is 0.225 e. The smallest absolute Gasteiger partial charge is 0.225 e. The largest absolute Gasteiger partial charge is 0.375 e. The summed E-state index contributed by atoms with van der Waals surface area (Å²) in [6.45, 7) is 3.20. The summed E-state index contributed by atoms with van der Waals surface area (Å²) in [7, 11) is 1.91. The summed E-state index contributed by atoms with van der Waals surface area (Å²) in [4.78, 5) is 14.5. The van der Waals surface area contributed by atoms with Crippen molar-refractivity contribution in [2.75, 3.05) is 26.2 Å². The fraction of sp³-hybridized carbons (Fsp3) is 0.714. The summed E-state index contributed by atoms with van der Waals surface area (Å²) < 4.78 is 7.42. The molecule has 2 atom stereocenters. The number of carbonyl (C=O) groups excluding carboxylic acids is 1. The van der Waals surface area contributed by atoms with E-state index in [0.29, 0.717) is 13.0 Å². The molecule has 0 aromatic carbocycles. The van der Waals surface area contributed by atoms with Gasteiger partial charge in [0.2, 0.25) is 5.91 Å². The lowest BCUT2D eigenvalue weighted by molar-refractivity contribution is -0.135. The van der Waals surface area contributed by atoms with E-state index >= 15 is 0 Å². The number of halogens is 2. The van der Waals surface area contributed by atoms with Crippen LogP contribution in [0.4, 0.5) is 0 Å². The second kappa shape index (κ2) is 8.72. The topological polar surface area (TPSA) is 59.4 Å². The third kappa shape index (κ3) is 4.35. The van der Waals surface area contributed by atoms with Crippen LogP contribution in [0.15, 0.2) is 12.4 Å². The molecule has 0 spiro atoms. The summed E-state index contributed by atoms with van der Waals surface area (Å²) in [6, 6.07) is 0.188. The third-order valence-corrected chi connectivity index (χ3v) is 4.09. The van der Waals surface area contributed by atoms with Gasteiger partial charge in [0.15, 0.2) is 0 Å². The number of nitrogens with zero attached hydrogens (tertiary/aromatic N) is 3. The van der Waals surface area contributed by atoms with E-state index in [-0.39, 0.29) is 42.9 Å². The minimum Gasteiger partial charge on any atom is -0.375 e. The van der Waals surface area contributed by atoms with Gasteiger partial charge in [-0.15, -0.1) is 24.8 Å². The van der Waals surface area contributed by atoms with Gasteiger partial charge in [-0.1, -0.05) is 0 Å². The van der Waals surface area contributed by atoms with E-state index in [0.717, 1.165) is 38.0 Å². The fourth-order valence-electron chi connectivity index (χ4n) is 3.09. The van der Waals surface area contributed by atoms with Gasteiger partial charge < -0.3 is 15.0 Å². The lowest BCUT2D eigenvalue weighted by Gasteiger charge is -2.28. The maximum atomic E-state index is 12.5. The first-order valence-electron chi connectivity index (χ1n) is 7.34. The van der Waals surface area contributed by atoms with Crippen LogP contribution in [0.5, 0.6) is 0 Å². The van der Waals surface area contributed by atoms with Crippen LogP contribution in [-0.4, -0.2) is 52.9 Å². The Morgan fingerprint density at radius 1 is 1.50 bits per heavy atom. The van der Waals surface area contributed by atoms with Crippen molar-refractivity contribution in [2.45, 2.75) is 31.4 Å². The summed E-state index contributed by atoms with van der Waals surface area (Å²) in [5.41, 5.74) is 1.14. The quantitative estimate of drug-likeness (QED) is 0.892. The number of carbonyl (C=O) groups is 1. The van der Waals surface area contributed by atoms with Gasteiger partial charge in [-0.2, -0.15) is 5.10 Å². The van der Waals surface area contributed by atoms with Crippen molar-refractivity contribution in [2.24, 2.45) is 7.05 Å². The van der Waals surface area contributed by atoms with Crippen LogP contribution in [-0.2, 0) is 16.6 Å². The molecule has 2 fully saturated rings. The van der Waals surface area contributed by atoms with Gasteiger partial charge in [0.1, 0.15) is 0 Å². The molecule has 0 aliphatic carbocycles. The second-order valence-corrected chi connectivity index (χ2v) is 5.59. The van der Waals surface area contributed by atoms with E-state index in [1.54, 1.807) is 4.68 Å². The molecule has 1 aromatic heterocycles. The lowest BCUT2D eigenvalue weighted by atomic mass is 10.1. The molecule has 2 unspecified atom stereocenters. The molecule has 6 nitrogen and oxygen atoms in total. The van der Waals surface area contributed by atoms with Crippen LogP contribution in [0.2, 0.25) is 0 Å². The number of ether oxygens (including phenoxy) is 1. The van der Waals surface area contributed by atoms with Gasteiger partial charge in [-0.3, -0.25) is 9.48 Å². The van der Waals surface area contributed by atoms with E-state index in [1.807, 2.05) is 24.3 Å². The highest BCUT2D eigenvalue weighted by atomic mass is 35.5. The number of aryl methyl sites for hydroxylation is 1. The zero-order valence-electron chi connectivity index (χ0n) is 12.7. The molecule has 1 N–H and O–H groups in total. The van der Waals surface area contributed by atoms with Gasteiger partial charge in [-0.25, -0.2) is 0 Å². The molecule has 3 heterocycles. The van der Waals surface area contributed by atoms with Crippen LogP contribution < -0.4 is 5.32 Å². The van der Waals surface area contributed by atoms with Crippen LogP contribution in [0.3, 0.4) is 0 Å². The molecule has 3 rings (SSSR count). The monoisotopic (exact) mass is 350 g/mol. The van der Waals surface area contributed by atoms with Crippen molar-refractivity contribution in [3.05, 3.63) is 18.0 Å². The molecule has 2 aliphatic heterocycles. The molecule has 1 aromatic rings. The highest BCUT2D eigenvalue weighted by Crippen LogP contribution is 2.32. The Balaban J connectivity index is 0.00000121. The highest BCUT2D eigenvalue weighted by molar-refractivity contribution is 5.85. The molecule has 22 heavy (non-hydrogen) atoms. The minimum atomic E-state index is 0. The van der Waals surface area contributed by atoms with E-state index in [1.165, 1.54) is 0 Å². The van der Waals surface area contributed by atoms with Crippen molar-refractivity contribution in [1.29, 1.82) is 0 Å². The Bertz CT molecular complexity index is 477. The van der Waals surface area contributed by atoms with E-state index < -0.39 is 0 Å². The van der Waals surface area contributed by atoms with Gasteiger partial charge in [0.05, 0.1) is 31.4 Å².